The molecule has 5 nitrogen and oxygen atoms in total. The van der Waals surface area contributed by atoms with Gasteiger partial charge in [-0.3, -0.25) is 0 Å². The highest BCUT2D eigenvalue weighted by Crippen LogP contribution is 2.24. The number of hydrogen-bond donors (Lipinski definition) is 1. The van der Waals surface area contributed by atoms with Crippen LogP contribution in [0.1, 0.15) is 11.1 Å². The quantitative estimate of drug-likeness (QED) is 0.889. The van der Waals surface area contributed by atoms with Crippen molar-refractivity contribution in [1.29, 1.82) is 0 Å². The molecule has 3 rings (SSSR count). The Kier molecular flexibility index (Phi) is 3.21. The Morgan fingerprint density at radius 3 is 2.79 bits per heavy atom. The molecule has 0 spiro atoms. The van der Waals surface area contributed by atoms with E-state index in [1.54, 1.807) is 0 Å². The van der Waals surface area contributed by atoms with E-state index in [4.69, 9.17) is 4.52 Å². The zero-order valence-electron chi connectivity index (χ0n) is 11.3. The van der Waals surface area contributed by atoms with E-state index in [2.05, 4.69) is 52.4 Å². The number of rotatable bonds is 2. The second-order valence-corrected chi connectivity index (χ2v) is 4.95. The van der Waals surface area contributed by atoms with E-state index in [9.17, 15) is 0 Å². The average molecular weight is 258 g/mol. The molecule has 2 aromatic rings. The summed E-state index contributed by atoms with van der Waals surface area (Å²) >= 11 is 0. The maximum atomic E-state index is 5.42. The fraction of sp³-hybridized carbons (Fsp3) is 0.429. The largest absolute Gasteiger partial charge is 0.336 e. The second-order valence-electron chi connectivity index (χ2n) is 4.95. The first kappa shape index (κ1) is 12.2. The second kappa shape index (κ2) is 5.01. The van der Waals surface area contributed by atoms with Crippen LogP contribution in [0.15, 0.2) is 22.7 Å². The van der Waals surface area contributed by atoms with Crippen LogP contribution >= 0.6 is 0 Å². The molecular formula is C14H18N4O. The average Bonchev–Trinajstić information content (AvgIpc) is 2.92. The molecule has 1 aliphatic heterocycles. The molecule has 1 saturated heterocycles. The summed E-state index contributed by atoms with van der Waals surface area (Å²) in [6.45, 7) is 7.90. The molecule has 1 aromatic carbocycles. The van der Waals surface area contributed by atoms with Crippen molar-refractivity contribution >= 4 is 5.95 Å². The van der Waals surface area contributed by atoms with Crippen LogP contribution in [-0.4, -0.2) is 36.3 Å². The number of benzene rings is 1. The van der Waals surface area contributed by atoms with Gasteiger partial charge in [-0.1, -0.05) is 17.7 Å². The van der Waals surface area contributed by atoms with Crippen molar-refractivity contribution in [2.45, 2.75) is 13.8 Å². The molecule has 5 heteroatoms. The first-order valence-corrected chi connectivity index (χ1v) is 6.61. The standard InChI is InChI=1S/C14H18N4O/c1-10-3-4-11(2)12(9-10)13-16-14(17-19-13)18-7-5-15-6-8-18/h3-4,9,15H,5-8H2,1-2H3. The van der Waals surface area contributed by atoms with Gasteiger partial charge in [0.2, 0.25) is 0 Å². The molecular weight excluding hydrogens is 240 g/mol. The zero-order chi connectivity index (χ0) is 13.2. The third kappa shape index (κ3) is 2.46. The van der Waals surface area contributed by atoms with E-state index >= 15 is 0 Å². The fourth-order valence-corrected chi connectivity index (χ4v) is 2.28. The molecule has 0 radical (unpaired) electrons. The molecule has 19 heavy (non-hydrogen) atoms. The minimum atomic E-state index is 0.606. The van der Waals surface area contributed by atoms with Crippen LogP contribution in [0, 0.1) is 13.8 Å². The lowest BCUT2D eigenvalue weighted by molar-refractivity contribution is 0.427. The van der Waals surface area contributed by atoms with Gasteiger partial charge in [0.25, 0.3) is 11.8 Å². The maximum absolute atomic E-state index is 5.42. The highest BCUT2D eigenvalue weighted by Gasteiger charge is 2.18. The Labute approximate surface area is 112 Å². The van der Waals surface area contributed by atoms with Crippen LogP contribution in [0.3, 0.4) is 0 Å². The Balaban J connectivity index is 1.89. The molecule has 100 valence electrons. The van der Waals surface area contributed by atoms with E-state index in [1.807, 2.05) is 0 Å². The van der Waals surface area contributed by atoms with Crippen LogP contribution in [0.4, 0.5) is 5.95 Å². The fourth-order valence-electron chi connectivity index (χ4n) is 2.28. The summed E-state index contributed by atoms with van der Waals surface area (Å²) < 4.78 is 5.42. The number of aryl methyl sites for hydroxylation is 2. The van der Waals surface area contributed by atoms with E-state index < -0.39 is 0 Å². The van der Waals surface area contributed by atoms with Crippen molar-refractivity contribution in [2.75, 3.05) is 31.1 Å². The lowest BCUT2D eigenvalue weighted by Gasteiger charge is -2.25. The predicted octanol–water partition coefficient (Wildman–Crippen LogP) is 1.76. The number of aromatic nitrogens is 2. The van der Waals surface area contributed by atoms with Crippen molar-refractivity contribution in [1.82, 2.24) is 15.5 Å². The molecule has 1 N–H and O–H groups in total. The Morgan fingerprint density at radius 2 is 2.00 bits per heavy atom. The molecule has 1 aliphatic rings. The number of nitrogens with one attached hydrogen (secondary N) is 1. The van der Waals surface area contributed by atoms with E-state index in [0.717, 1.165) is 37.3 Å². The minimum absolute atomic E-state index is 0.606. The summed E-state index contributed by atoms with van der Waals surface area (Å²) in [5.74, 6) is 1.30. The molecule has 0 atom stereocenters. The van der Waals surface area contributed by atoms with Crippen LogP contribution < -0.4 is 10.2 Å². The van der Waals surface area contributed by atoms with E-state index in [0.29, 0.717) is 11.8 Å². The van der Waals surface area contributed by atoms with Gasteiger partial charge in [-0.25, -0.2) is 0 Å². The molecule has 0 unspecified atom stereocenters. The van der Waals surface area contributed by atoms with Gasteiger partial charge in [0, 0.05) is 31.7 Å². The van der Waals surface area contributed by atoms with E-state index in [-0.39, 0.29) is 0 Å². The monoisotopic (exact) mass is 258 g/mol. The van der Waals surface area contributed by atoms with Crippen molar-refractivity contribution in [3.8, 4) is 11.5 Å². The van der Waals surface area contributed by atoms with Gasteiger partial charge in [-0.2, -0.15) is 4.98 Å². The van der Waals surface area contributed by atoms with Crippen LogP contribution in [-0.2, 0) is 0 Å². The Morgan fingerprint density at radius 1 is 1.21 bits per heavy atom. The van der Waals surface area contributed by atoms with Gasteiger partial charge in [-0.15, -0.1) is 0 Å². The first-order valence-electron chi connectivity index (χ1n) is 6.61. The van der Waals surface area contributed by atoms with Crippen LogP contribution in [0.5, 0.6) is 0 Å². The molecule has 0 saturated carbocycles. The third-order valence-corrected chi connectivity index (χ3v) is 3.44. The highest BCUT2D eigenvalue weighted by molar-refractivity contribution is 5.60. The number of hydrogen-bond acceptors (Lipinski definition) is 5. The summed E-state index contributed by atoms with van der Waals surface area (Å²) in [7, 11) is 0. The summed E-state index contributed by atoms with van der Waals surface area (Å²) in [6.07, 6.45) is 0. The van der Waals surface area contributed by atoms with Gasteiger partial charge in [0.05, 0.1) is 0 Å². The molecule has 0 bridgehead atoms. The number of anilines is 1. The van der Waals surface area contributed by atoms with Crippen molar-refractivity contribution in [3.63, 3.8) is 0 Å². The summed E-state index contributed by atoms with van der Waals surface area (Å²) in [6, 6.07) is 6.26. The first-order chi connectivity index (χ1) is 9.24. The molecule has 1 aromatic heterocycles. The molecule has 2 heterocycles. The zero-order valence-corrected chi connectivity index (χ0v) is 11.3. The third-order valence-electron chi connectivity index (χ3n) is 3.44. The molecule has 0 amide bonds. The van der Waals surface area contributed by atoms with Crippen LogP contribution in [0.2, 0.25) is 0 Å². The summed E-state index contributed by atoms with van der Waals surface area (Å²) in [5.41, 5.74) is 3.37. The van der Waals surface area contributed by atoms with Gasteiger partial charge in [-0.05, 0) is 30.6 Å². The maximum Gasteiger partial charge on any atom is 0.266 e. The lowest BCUT2D eigenvalue weighted by Crippen LogP contribution is -2.44. The lowest BCUT2D eigenvalue weighted by atomic mass is 10.1. The molecule has 1 fully saturated rings. The van der Waals surface area contributed by atoms with Crippen LogP contribution in [0.25, 0.3) is 11.5 Å². The van der Waals surface area contributed by atoms with Gasteiger partial charge >= 0.3 is 0 Å². The van der Waals surface area contributed by atoms with Gasteiger partial charge < -0.3 is 14.7 Å². The van der Waals surface area contributed by atoms with Crippen molar-refractivity contribution in [2.24, 2.45) is 0 Å². The number of piperazine rings is 1. The van der Waals surface area contributed by atoms with Crippen molar-refractivity contribution < 1.29 is 4.52 Å². The van der Waals surface area contributed by atoms with Gasteiger partial charge in [0.1, 0.15) is 0 Å². The van der Waals surface area contributed by atoms with E-state index in [1.165, 1.54) is 5.56 Å². The molecule has 0 aliphatic carbocycles. The SMILES string of the molecule is Cc1ccc(C)c(-c2nc(N3CCNCC3)no2)c1. The Bertz CT molecular complexity index is 573. The van der Waals surface area contributed by atoms with Gasteiger partial charge in [0.15, 0.2) is 0 Å². The Hall–Kier alpha value is -1.88. The summed E-state index contributed by atoms with van der Waals surface area (Å²) in [5, 5.41) is 7.41. The number of nitrogens with zero attached hydrogens (tertiary/aromatic N) is 3. The van der Waals surface area contributed by atoms with Crippen molar-refractivity contribution in [3.05, 3.63) is 29.3 Å². The topological polar surface area (TPSA) is 54.2 Å². The normalized spacial score (nSPS) is 15.8. The predicted molar refractivity (Wildman–Crippen MR) is 74.3 cm³/mol. The highest BCUT2D eigenvalue weighted by atomic mass is 16.5. The summed E-state index contributed by atoms with van der Waals surface area (Å²) in [4.78, 5) is 6.67. The smallest absolute Gasteiger partial charge is 0.266 e. The minimum Gasteiger partial charge on any atom is -0.336 e.